The van der Waals surface area contributed by atoms with E-state index in [1.807, 2.05) is 54.6 Å². The number of esters is 1. The molecule has 31 heavy (non-hydrogen) atoms. The van der Waals surface area contributed by atoms with Crippen LogP contribution >= 0.6 is 0 Å². The Bertz CT molecular complexity index is 899. The number of hydrogen-bond acceptors (Lipinski definition) is 5. The molecule has 0 radical (unpaired) electrons. The van der Waals surface area contributed by atoms with Gasteiger partial charge < -0.3 is 14.4 Å². The van der Waals surface area contributed by atoms with E-state index < -0.39 is 18.1 Å². The average molecular weight is 423 g/mol. The molecule has 0 fully saturated rings. The zero-order valence-electron chi connectivity index (χ0n) is 18.1. The average Bonchev–Trinajstić information content (AvgIpc) is 2.80. The monoisotopic (exact) mass is 422 g/mol. The summed E-state index contributed by atoms with van der Waals surface area (Å²) in [5.41, 5.74) is 3.26. The first-order valence-electron chi connectivity index (χ1n) is 10.8. The molecule has 2 aromatic carbocycles. The maximum Gasteiger partial charge on any atom is 0.323 e. The molecule has 6 nitrogen and oxygen atoms in total. The molecule has 0 spiro atoms. The lowest BCUT2D eigenvalue weighted by molar-refractivity contribution is -0.147. The Morgan fingerprint density at radius 1 is 1.13 bits per heavy atom. The van der Waals surface area contributed by atoms with Gasteiger partial charge in [0.15, 0.2) is 0 Å². The number of aldehydes is 1. The van der Waals surface area contributed by atoms with Crippen LogP contribution in [-0.4, -0.2) is 47.8 Å². The first-order valence-corrected chi connectivity index (χ1v) is 10.8. The highest BCUT2D eigenvalue weighted by atomic mass is 16.5. The molecule has 1 unspecified atom stereocenters. The van der Waals surface area contributed by atoms with E-state index in [-0.39, 0.29) is 18.5 Å². The molecule has 0 aliphatic carbocycles. The Kier molecular flexibility index (Phi) is 7.95. The summed E-state index contributed by atoms with van der Waals surface area (Å²) < 4.78 is 5.22. The predicted octanol–water partition coefficient (Wildman–Crippen LogP) is 2.68. The van der Waals surface area contributed by atoms with Gasteiger partial charge in [-0.05, 0) is 43.4 Å². The van der Waals surface area contributed by atoms with Crippen molar-refractivity contribution in [1.29, 1.82) is 0 Å². The van der Waals surface area contributed by atoms with E-state index in [1.165, 1.54) is 0 Å². The van der Waals surface area contributed by atoms with Gasteiger partial charge in [0.25, 0.3) is 0 Å². The summed E-state index contributed by atoms with van der Waals surface area (Å²) in [7, 11) is 0. The molecule has 164 valence electrons. The van der Waals surface area contributed by atoms with E-state index in [0.717, 1.165) is 23.0 Å². The first-order chi connectivity index (χ1) is 15.0. The lowest BCUT2D eigenvalue weighted by atomic mass is 9.94. The Balaban J connectivity index is 1.69. The minimum atomic E-state index is -0.627. The van der Waals surface area contributed by atoms with Crippen molar-refractivity contribution in [2.24, 2.45) is 0 Å². The van der Waals surface area contributed by atoms with Gasteiger partial charge in [-0.2, -0.15) is 0 Å². The van der Waals surface area contributed by atoms with Crippen LogP contribution in [0, 0.1) is 0 Å². The van der Waals surface area contributed by atoms with Crippen LogP contribution in [0.5, 0.6) is 0 Å². The van der Waals surface area contributed by atoms with Crippen LogP contribution in [-0.2, 0) is 38.5 Å². The van der Waals surface area contributed by atoms with Crippen molar-refractivity contribution in [1.82, 2.24) is 10.2 Å². The van der Waals surface area contributed by atoms with Gasteiger partial charge in [0.05, 0.1) is 18.7 Å². The fraction of sp³-hybridized carbons (Fsp3) is 0.400. The second-order valence-corrected chi connectivity index (χ2v) is 7.86. The van der Waals surface area contributed by atoms with Gasteiger partial charge in [-0.1, -0.05) is 54.6 Å². The molecule has 3 atom stereocenters. The number of hydrogen-bond donors (Lipinski definition) is 1. The van der Waals surface area contributed by atoms with Crippen molar-refractivity contribution in [3.05, 3.63) is 71.3 Å². The van der Waals surface area contributed by atoms with Crippen LogP contribution in [0.3, 0.4) is 0 Å². The topological polar surface area (TPSA) is 75.7 Å². The van der Waals surface area contributed by atoms with Crippen molar-refractivity contribution in [2.45, 2.75) is 57.8 Å². The minimum Gasteiger partial charge on any atom is -0.465 e. The molecule has 2 aromatic rings. The molecular weight excluding hydrogens is 392 g/mol. The van der Waals surface area contributed by atoms with Crippen LogP contribution in [0.25, 0.3) is 0 Å². The first kappa shape index (κ1) is 22.7. The molecule has 6 heteroatoms. The summed E-state index contributed by atoms with van der Waals surface area (Å²) in [6.07, 6.45) is 2.54. The molecule has 3 rings (SSSR count). The highest BCUT2D eigenvalue weighted by Gasteiger charge is 2.33. The molecular formula is C25H30N2O4. The number of amides is 1. The van der Waals surface area contributed by atoms with E-state index in [0.29, 0.717) is 25.8 Å². The summed E-state index contributed by atoms with van der Waals surface area (Å²) in [5.74, 6) is -0.561. The zero-order valence-corrected chi connectivity index (χ0v) is 18.1. The third-order valence-electron chi connectivity index (χ3n) is 5.69. The van der Waals surface area contributed by atoms with E-state index in [9.17, 15) is 14.4 Å². The molecule has 0 saturated heterocycles. The van der Waals surface area contributed by atoms with Crippen molar-refractivity contribution < 1.29 is 19.1 Å². The third kappa shape index (κ3) is 5.79. The van der Waals surface area contributed by atoms with Gasteiger partial charge in [-0.25, -0.2) is 0 Å². The van der Waals surface area contributed by atoms with E-state index in [1.54, 1.807) is 18.7 Å². The quantitative estimate of drug-likeness (QED) is 0.497. The number of carbonyl (C=O) groups is 3. The van der Waals surface area contributed by atoms with Gasteiger partial charge in [-0.3, -0.25) is 14.9 Å². The Hall–Kier alpha value is -2.99. The number of rotatable bonds is 9. The number of nitrogens with one attached hydrogen (secondary N) is 1. The van der Waals surface area contributed by atoms with Crippen LogP contribution in [0.1, 0.15) is 37.0 Å². The van der Waals surface area contributed by atoms with Gasteiger partial charge in [0.1, 0.15) is 12.3 Å². The molecule has 0 aromatic heterocycles. The van der Waals surface area contributed by atoms with Gasteiger partial charge in [0.2, 0.25) is 5.91 Å². The van der Waals surface area contributed by atoms with Crippen LogP contribution < -0.4 is 5.32 Å². The van der Waals surface area contributed by atoms with E-state index in [4.69, 9.17) is 4.74 Å². The van der Waals surface area contributed by atoms with Gasteiger partial charge in [-0.15, -0.1) is 0 Å². The minimum absolute atomic E-state index is 0.194. The largest absolute Gasteiger partial charge is 0.465 e. The maximum atomic E-state index is 13.2. The molecule has 1 N–H and O–H groups in total. The third-order valence-corrected chi connectivity index (χ3v) is 5.69. The van der Waals surface area contributed by atoms with Crippen molar-refractivity contribution >= 4 is 18.2 Å². The second kappa shape index (κ2) is 10.9. The number of nitrogens with zero attached hydrogens (tertiary/aromatic N) is 1. The molecule has 0 bridgehead atoms. The molecule has 1 aliphatic heterocycles. The number of carbonyl (C=O) groups excluding carboxylic acids is 3. The molecule has 0 saturated carbocycles. The number of ether oxygens (including phenoxy) is 1. The molecule has 1 amide bonds. The lowest BCUT2D eigenvalue weighted by Gasteiger charge is -2.36. The number of benzene rings is 2. The maximum absolute atomic E-state index is 13.2. The summed E-state index contributed by atoms with van der Waals surface area (Å²) in [6.45, 7) is 4.17. The Labute approximate surface area is 183 Å². The summed E-state index contributed by atoms with van der Waals surface area (Å²) >= 11 is 0. The Morgan fingerprint density at radius 2 is 1.81 bits per heavy atom. The highest BCUT2D eigenvalue weighted by Crippen LogP contribution is 2.23. The summed E-state index contributed by atoms with van der Waals surface area (Å²) in [6, 6.07) is 16.0. The normalized spacial score (nSPS) is 17.4. The lowest BCUT2D eigenvalue weighted by Crippen LogP contribution is -2.55. The predicted molar refractivity (Wildman–Crippen MR) is 118 cm³/mol. The summed E-state index contributed by atoms with van der Waals surface area (Å²) in [5, 5.41) is 3.16. The number of fused-ring (bicyclic) bond motifs is 1. The second-order valence-electron chi connectivity index (χ2n) is 7.86. The van der Waals surface area contributed by atoms with Crippen molar-refractivity contribution in [2.75, 3.05) is 6.61 Å². The molecule has 1 aliphatic rings. The summed E-state index contributed by atoms with van der Waals surface area (Å²) in [4.78, 5) is 39.0. The zero-order chi connectivity index (χ0) is 22.2. The van der Waals surface area contributed by atoms with Crippen LogP contribution in [0.2, 0.25) is 0 Å². The standard InChI is InChI=1S/C25H30N2O4/c1-3-31-25(30)23(14-13-19-9-5-4-6-10-19)26-18(2)24(29)27-16-21-12-8-7-11-20(21)15-22(27)17-28/h4-12,17-18,22-23,26H,3,13-16H2,1-2H3/t18-,22?,23-/m1/s1. The van der Waals surface area contributed by atoms with Crippen LogP contribution in [0.15, 0.2) is 54.6 Å². The van der Waals surface area contributed by atoms with Crippen LogP contribution in [0.4, 0.5) is 0 Å². The fourth-order valence-corrected chi connectivity index (χ4v) is 4.00. The van der Waals surface area contributed by atoms with Gasteiger partial charge in [0, 0.05) is 13.0 Å². The smallest absolute Gasteiger partial charge is 0.323 e. The van der Waals surface area contributed by atoms with Crippen molar-refractivity contribution in [3.8, 4) is 0 Å². The SMILES string of the molecule is CCOC(=O)[C@@H](CCc1ccccc1)N[C@H](C)C(=O)N1Cc2ccccc2CC1C=O. The number of aryl methyl sites for hydroxylation is 1. The Morgan fingerprint density at radius 3 is 2.48 bits per heavy atom. The van der Waals surface area contributed by atoms with E-state index in [2.05, 4.69) is 5.32 Å². The van der Waals surface area contributed by atoms with Crippen molar-refractivity contribution in [3.63, 3.8) is 0 Å². The molecule has 1 heterocycles. The van der Waals surface area contributed by atoms with Gasteiger partial charge >= 0.3 is 5.97 Å². The fourth-order valence-electron chi connectivity index (χ4n) is 4.00. The van der Waals surface area contributed by atoms with E-state index >= 15 is 0 Å². The highest BCUT2D eigenvalue weighted by molar-refractivity contribution is 5.86.